The van der Waals surface area contributed by atoms with Crippen LogP contribution in [0.25, 0.3) is 6.08 Å². The molecule has 1 saturated carbocycles. The first-order valence-corrected chi connectivity index (χ1v) is 7.72. The number of amides is 1. The number of hydrogen-bond acceptors (Lipinski definition) is 5. The predicted molar refractivity (Wildman–Crippen MR) is 79.6 cm³/mol. The van der Waals surface area contributed by atoms with E-state index in [1.165, 1.54) is 30.3 Å². The van der Waals surface area contributed by atoms with Crippen LogP contribution < -0.4 is 5.32 Å². The Morgan fingerprint density at radius 1 is 1.52 bits per heavy atom. The molecule has 2 N–H and O–H groups in total. The van der Waals surface area contributed by atoms with Crippen molar-refractivity contribution in [3.05, 3.63) is 45.5 Å². The second kappa shape index (κ2) is 6.24. The molecule has 0 aliphatic heterocycles. The number of thiophene rings is 1. The van der Waals surface area contributed by atoms with Crippen molar-refractivity contribution < 1.29 is 14.4 Å². The standard InChI is InChI=1S/C15H16N2O3S/c18-8-10-5-13(21-9-10)3-4-15(19)16-7-12-6-14(20-17-12)11-1-2-11/h3-6,9,11,18H,1-2,7-8H2,(H,16,19)/b4-3+. The molecular weight excluding hydrogens is 288 g/mol. The lowest BCUT2D eigenvalue weighted by atomic mass is 10.3. The molecule has 0 unspecified atom stereocenters. The molecule has 0 spiro atoms. The molecule has 0 atom stereocenters. The summed E-state index contributed by atoms with van der Waals surface area (Å²) < 4.78 is 5.22. The van der Waals surface area contributed by atoms with E-state index in [0.717, 1.165) is 21.9 Å². The number of carbonyl (C=O) groups is 1. The van der Waals surface area contributed by atoms with Crippen molar-refractivity contribution >= 4 is 23.3 Å². The van der Waals surface area contributed by atoms with Crippen molar-refractivity contribution in [3.8, 4) is 0 Å². The van der Waals surface area contributed by atoms with Gasteiger partial charge in [-0.25, -0.2) is 0 Å². The SMILES string of the molecule is O=C(/C=C/c1cc(CO)cs1)NCc1cc(C2CC2)on1. The zero-order valence-electron chi connectivity index (χ0n) is 11.4. The number of nitrogens with one attached hydrogen (secondary N) is 1. The Balaban J connectivity index is 1.48. The van der Waals surface area contributed by atoms with Crippen LogP contribution in [0.4, 0.5) is 0 Å². The molecule has 0 aromatic carbocycles. The predicted octanol–water partition coefficient (Wildman–Crippen LogP) is 2.44. The summed E-state index contributed by atoms with van der Waals surface area (Å²) in [6.45, 7) is 0.387. The van der Waals surface area contributed by atoms with Gasteiger partial charge in [-0.1, -0.05) is 5.16 Å². The normalized spacial score (nSPS) is 14.7. The Bertz CT molecular complexity index is 655. The van der Waals surface area contributed by atoms with Crippen LogP contribution in [0.2, 0.25) is 0 Å². The summed E-state index contributed by atoms with van der Waals surface area (Å²) in [7, 11) is 0. The molecule has 1 aliphatic carbocycles. The largest absolute Gasteiger partial charge is 0.392 e. The molecule has 5 nitrogen and oxygen atoms in total. The highest BCUT2D eigenvalue weighted by atomic mass is 32.1. The third kappa shape index (κ3) is 3.80. The summed E-state index contributed by atoms with van der Waals surface area (Å²) in [5.41, 5.74) is 1.60. The summed E-state index contributed by atoms with van der Waals surface area (Å²) in [5.74, 6) is 1.27. The summed E-state index contributed by atoms with van der Waals surface area (Å²) in [4.78, 5) is 12.7. The molecule has 2 aromatic heterocycles. The summed E-state index contributed by atoms with van der Waals surface area (Å²) in [5, 5.41) is 17.6. The van der Waals surface area contributed by atoms with Gasteiger partial charge < -0.3 is 14.9 Å². The van der Waals surface area contributed by atoms with Crippen LogP contribution in [0.1, 0.15) is 40.7 Å². The fourth-order valence-electron chi connectivity index (χ4n) is 1.93. The van der Waals surface area contributed by atoms with E-state index >= 15 is 0 Å². The van der Waals surface area contributed by atoms with Crippen LogP contribution >= 0.6 is 11.3 Å². The van der Waals surface area contributed by atoms with Crippen LogP contribution in [0.15, 0.2) is 28.1 Å². The second-order valence-corrected chi connectivity index (χ2v) is 6.00. The van der Waals surface area contributed by atoms with Crippen LogP contribution in [0.3, 0.4) is 0 Å². The van der Waals surface area contributed by atoms with Gasteiger partial charge >= 0.3 is 0 Å². The number of nitrogens with zero attached hydrogens (tertiary/aromatic N) is 1. The van der Waals surface area contributed by atoms with E-state index in [-0.39, 0.29) is 12.5 Å². The Morgan fingerprint density at radius 2 is 2.38 bits per heavy atom. The fourth-order valence-corrected chi connectivity index (χ4v) is 2.73. The molecule has 0 saturated heterocycles. The molecule has 3 rings (SSSR count). The molecule has 1 aliphatic rings. The minimum Gasteiger partial charge on any atom is -0.392 e. The molecule has 2 heterocycles. The Labute approximate surface area is 126 Å². The van der Waals surface area contributed by atoms with E-state index in [1.807, 2.05) is 17.5 Å². The molecular formula is C15H16N2O3S. The van der Waals surface area contributed by atoms with Crippen LogP contribution in [-0.4, -0.2) is 16.2 Å². The van der Waals surface area contributed by atoms with E-state index in [9.17, 15) is 4.79 Å². The van der Waals surface area contributed by atoms with Gasteiger partial charge in [-0.2, -0.15) is 0 Å². The van der Waals surface area contributed by atoms with E-state index in [4.69, 9.17) is 9.63 Å². The van der Waals surface area contributed by atoms with Crippen molar-refractivity contribution in [1.29, 1.82) is 0 Å². The molecule has 2 aromatic rings. The summed E-state index contributed by atoms with van der Waals surface area (Å²) >= 11 is 1.49. The number of hydrogen-bond donors (Lipinski definition) is 2. The Kier molecular flexibility index (Phi) is 4.17. The molecule has 1 fully saturated rings. The zero-order valence-corrected chi connectivity index (χ0v) is 12.2. The highest BCUT2D eigenvalue weighted by Gasteiger charge is 2.27. The zero-order chi connectivity index (χ0) is 14.7. The average Bonchev–Trinajstić information content (AvgIpc) is 3.06. The van der Waals surface area contributed by atoms with Gasteiger partial charge in [0.1, 0.15) is 11.5 Å². The third-order valence-electron chi connectivity index (χ3n) is 3.26. The second-order valence-electron chi connectivity index (χ2n) is 5.06. The monoisotopic (exact) mass is 304 g/mol. The van der Waals surface area contributed by atoms with Gasteiger partial charge in [0, 0.05) is 22.9 Å². The number of rotatable bonds is 6. The van der Waals surface area contributed by atoms with E-state index in [1.54, 1.807) is 6.08 Å². The third-order valence-corrected chi connectivity index (χ3v) is 4.20. The Morgan fingerprint density at radius 3 is 3.10 bits per heavy atom. The minimum atomic E-state index is -0.176. The van der Waals surface area contributed by atoms with E-state index < -0.39 is 0 Å². The van der Waals surface area contributed by atoms with E-state index in [2.05, 4.69) is 10.5 Å². The average molecular weight is 304 g/mol. The molecule has 0 radical (unpaired) electrons. The van der Waals surface area contributed by atoms with Gasteiger partial charge in [-0.15, -0.1) is 11.3 Å². The van der Waals surface area contributed by atoms with E-state index in [0.29, 0.717) is 12.5 Å². The molecule has 110 valence electrons. The highest BCUT2D eigenvalue weighted by Crippen LogP contribution is 2.40. The van der Waals surface area contributed by atoms with Gasteiger partial charge in [0.15, 0.2) is 0 Å². The van der Waals surface area contributed by atoms with Crippen LogP contribution in [0.5, 0.6) is 0 Å². The maximum absolute atomic E-state index is 11.7. The van der Waals surface area contributed by atoms with Gasteiger partial charge in [0.25, 0.3) is 0 Å². The molecule has 6 heteroatoms. The number of aliphatic hydroxyl groups is 1. The fraction of sp³-hybridized carbons (Fsp3) is 0.333. The van der Waals surface area contributed by atoms with Crippen molar-refractivity contribution in [1.82, 2.24) is 10.5 Å². The van der Waals surface area contributed by atoms with Crippen molar-refractivity contribution in [2.24, 2.45) is 0 Å². The first-order valence-electron chi connectivity index (χ1n) is 6.84. The molecule has 21 heavy (non-hydrogen) atoms. The van der Waals surface area contributed by atoms with Gasteiger partial charge in [0.2, 0.25) is 5.91 Å². The van der Waals surface area contributed by atoms with Crippen molar-refractivity contribution in [2.75, 3.05) is 0 Å². The summed E-state index contributed by atoms with van der Waals surface area (Å²) in [6.07, 6.45) is 5.55. The lowest BCUT2D eigenvalue weighted by molar-refractivity contribution is -0.116. The van der Waals surface area contributed by atoms with Crippen molar-refractivity contribution in [2.45, 2.75) is 31.9 Å². The molecule has 0 bridgehead atoms. The number of aromatic nitrogens is 1. The Hall–Kier alpha value is -1.92. The lowest BCUT2D eigenvalue weighted by Crippen LogP contribution is -2.20. The maximum atomic E-state index is 11.7. The lowest BCUT2D eigenvalue weighted by Gasteiger charge is -1.96. The first-order chi connectivity index (χ1) is 10.2. The number of carbonyl (C=O) groups excluding carboxylic acids is 1. The van der Waals surface area contributed by atoms with Gasteiger partial charge in [-0.3, -0.25) is 4.79 Å². The first kappa shape index (κ1) is 14.0. The molecule has 1 amide bonds. The van der Waals surface area contributed by atoms with Gasteiger partial charge in [-0.05, 0) is 35.9 Å². The maximum Gasteiger partial charge on any atom is 0.244 e. The smallest absolute Gasteiger partial charge is 0.244 e. The topological polar surface area (TPSA) is 75.4 Å². The number of aliphatic hydroxyl groups excluding tert-OH is 1. The summed E-state index contributed by atoms with van der Waals surface area (Å²) in [6, 6.07) is 3.77. The highest BCUT2D eigenvalue weighted by molar-refractivity contribution is 7.11. The quantitative estimate of drug-likeness (QED) is 0.804. The van der Waals surface area contributed by atoms with Crippen molar-refractivity contribution in [3.63, 3.8) is 0 Å². The van der Waals surface area contributed by atoms with Crippen LogP contribution in [-0.2, 0) is 17.9 Å². The van der Waals surface area contributed by atoms with Gasteiger partial charge in [0.05, 0.1) is 13.2 Å². The van der Waals surface area contributed by atoms with Crippen LogP contribution in [0, 0.1) is 0 Å². The minimum absolute atomic E-state index is 0.0199.